The fraction of sp³-hybridized carbons (Fsp3) is 0.111. The summed E-state index contributed by atoms with van der Waals surface area (Å²) < 4.78 is 0. The molecule has 0 saturated heterocycles. The van der Waals surface area contributed by atoms with E-state index in [0.717, 1.165) is 27.7 Å². The molecule has 2 nitrogen and oxygen atoms in total. The zero-order chi connectivity index (χ0) is 16.2. The Kier molecular flexibility index (Phi) is 5.21. The predicted molar refractivity (Wildman–Crippen MR) is 98.2 cm³/mol. The van der Waals surface area contributed by atoms with E-state index in [9.17, 15) is 0 Å². The number of aromatic nitrogens is 2. The molecular formula is C18H14Cl2N2S. The Balaban J connectivity index is 1.85. The minimum Gasteiger partial charge on any atom is -0.228 e. The molecule has 116 valence electrons. The van der Waals surface area contributed by atoms with Gasteiger partial charge in [0.2, 0.25) is 0 Å². The van der Waals surface area contributed by atoms with Crippen LogP contribution in [0.1, 0.15) is 11.3 Å². The molecule has 3 rings (SSSR count). The Labute approximate surface area is 149 Å². The summed E-state index contributed by atoms with van der Waals surface area (Å²) in [6.07, 6.45) is 0. The number of halogens is 2. The van der Waals surface area contributed by atoms with E-state index >= 15 is 0 Å². The number of nitrogens with zero attached hydrogens (tertiary/aromatic N) is 2. The Bertz CT molecular complexity index is 802. The van der Waals surface area contributed by atoms with Gasteiger partial charge >= 0.3 is 0 Å². The van der Waals surface area contributed by atoms with Crippen molar-refractivity contribution >= 4 is 35.0 Å². The summed E-state index contributed by atoms with van der Waals surface area (Å²) in [5.41, 5.74) is 3.85. The van der Waals surface area contributed by atoms with Gasteiger partial charge < -0.3 is 0 Å². The highest BCUT2D eigenvalue weighted by atomic mass is 35.5. The summed E-state index contributed by atoms with van der Waals surface area (Å²) in [4.78, 5) is 9.14. The molecule has 2 aromatic carbocycles. The van der Waals surface area contributed by atoms with E-state index in [4.69, 9.17) is 23.2 Å². The lowest BCUT2D eigenvalue weighted by Gasteiger charge is -2.08. The van der Waals surface area contributed by atoms with Gasteiger partial charge in [-0.05, 0) is 30.7 Å². The van der Waals surface area contributed by atoms with Gasteiger partial charge in [-0.3, -0.25) is 0 Å². The third-order valence-electron chi connectivity index (χ3n) is 3.31. The van der Waals surface area contributed by atoms with Gasteiger partial charge in [0.15, 0.2) is 5.16 Å². The van der Waals surface area contributed by atoms with E-state index in [1.165, 1.54) is 11.8 Å². The third-order valence-corrected chi connectivity index (χ3v) is 4.89. The molecule has 0 atom stereocenters. The van der Waals surface area contributed by atoms with E-state index in [1.807, 2.05) is 61.5 Å². The molecule has 0 amide bonds. The molecule has 0 aliphatic rings. The highest BCUT2D eigenvalue weighted by Gasteiger charge is 2.09. The Morgan fingerprint density at radius 1 is 0.913 bits per heavy atom. The van der Waals surface area contributed by atoms with Crippen LogP contribution in [0, 0.1) is 6.92 Å². The van der Waals surface area contributed by atoms with Gasteiger partial charge in [0, 0.05) is 27.1 Å². The number of aryl methyl sites for hydroxylation is 1. The monoisotopic (exact) mass is 360 g/mol. The standard InChI is InChI=1S/C18H14Cl2N2S/c1-12-10-17(13-6-3-2-4-7-13)22-18(21-12)23-11-14-15(19)8-5-9-16(14)20/h2-10H,11H2,1H3. The summed E-state index contributed by atoms with van der Waals surface area (Å²) in [5.74, 6) is 0.635. The summed E-state index contributed by atoms with van der Waals surface area (Å²) in [5, 5.41) is 2.06. The third kappa shape index (κ3) is 4.05. The maximum absolute atomic E-state index is 6.22. The Morgan fingerprint density at radius 2 is 1.61 bits per heavy atom. The number of benzene rings is 2. The largest absolute Gasteiger partial charge is 0.228 e. The zero-order valence-corrected chi connectivity index (χ0v) is 14.8. The predicted octanol–water partition coefficient (Wildman–Crippen LogP) is 6.05. The summed E-state index contributed by atoms with van der Waals surface area (Å²) >= 11 is 14.0. The molecule has 0 spiro atoms. The molecule has 3 aromatic rings. The van der Waals surface area contributed by atoms with Gasteiger partial charge in [-0.25, -0.2) is 9.97 Å². The van der Waals surface area contributed by atoms with E-state index in [1.54, 1.807) is 0 Å². The molecule has 1 heterocycles. The lowest BCUT2D eigenvalue weighted by atomic mass is 10.1. The second-order valence-corrected chi connectivity index (χ2v) is 6.79. The lowest BCUT2D eigenvalue weighted by molar-refractivity contribution is 0.937. The van der Waals surface area contributed by atoms with Crippen LogP contribution in [-0.4, -0.2) is 9.97 Å². The molecule has 0 unspecified atom stereocenters. The zero-order valence-electron chi connectivity index (χ0n) is 12.5. The summed E-state index contributed by atoms with van der Waals surface area (Å²) in [7, 11) is 0. The first kappa shape index (κ1) is 16.3. The van der Waals surface area contributed by atoms with Gasteiger partial charge in [-0.2, -0.15) is 0 Å². The molecule has 0 saturated carbocycles. The summed E-state index contributed by atoms with van der Waals surface area (Å²) in [6.45, 7) is 1.97. The van der Waals surface area contributed by atoms with Crippen LogP contribution in [-0.2, 0) is 5.75 Å². The molecule has 0 N–H and O–H groups in total. The van der Waals surface area contributed by atoms with Crippen LogP contribution in [0.5, 0.6) is 0 Å². The minimum absolute atomic E-state index is 0.635. The first-order valence-electron chi connectivity index (χ1n) is 7.10. The van der Waals surface area contributed by atoms with Crippen molar-refractivity contribution in [1.82, 2.24) is 9.97 Å². The molecule has 0 aliphatic heterocycles. The topological polar surface area (TPSA) is 25.8 Å². The molecule has 0 radical (unpaired) electrons. The summed E-state index contributed by atoms with van der Waals surface area (Å²) in [6, 6.07) is 17.6. The fourth-order valence-electron chi connectivity index (χ4n) is 2.17. The quantitative estimate of drug-likeness (QED) is 0.418. The first-order chi connectivity index (χ1) is 11.1. The number of hydrogen-bond acceptors (Lipinski definition) is 3. The van der Waals surface area contributed by atoms with Crippen molar-refractivity contribution in [2.24, 2.45) is 0 Å². The lowest BCUT2D eigenvalue weighted by Crippen LogP contribution is -1.94. The Morgan fingerprint density at radius 3 is 2.30 bits per heavy atom. The highest BCUT2D eigenvalue weighted by molar-refractivity contribution is 7.98. The maximum Gasteiger partial charge on any atom is 0.188 e. The van der Waals surface area contributed by atoms with Crippen molar-refractivity contribution in [2.45, 2.75) is 17.8 Å². The molecule has 1 aromatic heterocycles. The van der Waals surface area contributed by atoms with Crippen molar-refractivity contribution in [3.63, 3.8) is 0 Å². The van der Waals surface area contributed by atoms with Crippen LogP contribution in [0.4, 0.5) is 0 Å². The average molecular weight is 361 g/mol. The average Bonchev–Trinajstić information content (AvgIpc) is 2.55. The Hall–Kier alpha value is -1.55. The van der Waals surface area contributed by atoms with E-state index in [2.05, 4.69) is 9.97 Å². The fourth-order valence-corrected chi connectivity index (χ4v) is 3.82. The second-order valence-electron chi connectivity index (χ2n) is 5.03. The SMILES string of the molecule is Cc1cc(-c2ccccc2)nc(SCc2c(Cl)cccc2Cl)n1. The smallest absolute Gasteiger partial charge is 0.188 e. The molecule has 23 heavy (non-hydrogen) atoms. The van der Waals surface area contributed by atoms with Crippen LogP contribution in [0.3, 0.4) is 0 Å². The number of hydrogen-bond donors (Lipinski definition) is 0. The normalized spacial score (nSPS) is 10.7. The van der Waals surface area contributed by atoms with E-state index < -0.39 is 0 Å². The minimum atomic E-state index is 0.635. The molecule has 0 fully saturated rings. The van der Waals surface area contributed by atoms with Gasteiger partial charge in [0.1, 0.15) is 0 Å². The van der Waals surface area contributed by atoms with Crippen LogP contribution in [0.15, 0.2) is 59.8 Å². The second kappa shape index (κ2) is 7.35. The van der Waals surface area contributed by atoms with Gasteiger partial charge in [0.05, 0.1) is 5.69 Å². The van der Waals surface area contributed by atoms with Crippen LogP contribution in [0.25, 0.3) is 11.3 Å². The van der Waals surface area contributed by atoms with E-state index in [0.29, 0.717) is 15.8 Å². The molecule has 5 heteroatoms. The number of thioether (sulfide) groups is 1. The van der Waals surface area contributed by atoms with Crippen molar-refractivity contribution < 1.29 is 0 Å². The maximum atomic E-state index is 6.22. The van der Waals surface area contributed by atoms with Crippen molar-refractivity contribution in [3.05, 3.63) is 75.9 Å². The first-order valence-corrected chi connectivity index (χ1v) is 8.84. The molecule has 0 aliphatic carbocycles. The van der Waals surface area contributed by atoms with E-state index in [-0.39, 0.29) is 0 Å². The van der Waals surface area contributed by atoms with Gasteiger partial charge in [-0.15, -0.1) is 0 Å². The van der Waals surface area contributed by atoms with Crippen molar-refractivity contribution in [3.8, 4) is 11.3 Å². The van der Waals surface area contributed by atoms with Crippen molar-refractivity contribution in [1.29, 1.82) is 0 Å². The van der Waals surface area contributed by atoms with Crippen LogP contribution < -0.4 is 0 Å². The van der Waals surface area contributed by atoms with Crippen LogP contribution >= 0.6 is 35.0 Å². The van der Waals surface area contributed by atoms with Crippen molar-refractivity contribution in [2.75, 3.05) is 0 Å². The highest BCUT2D eigenvalue weighted by Crippen LogP contribution is 2.31. The molecule has 0 bridgehead atoms. The van der Waals surface area contributed by atoms with Gasteiger partial charge in [0.25, 0.3) is 0 Å². The van der Waals surface area contributed by atoms with Gasteiger partial charge in [-0.1, -0.05) is 71.4 Å². The number of rotatable bonds is 4. The molecular weight excluding hydrogens is 347 g/mol. The van der Waals surface area contributed by atoms with Crippen LogP contribution in [0.2, 0.25) is 10.0 Å².